The molecular weight excluding hydrogens is 342 g/mol. The quantitative estimate of drug-likeness (QED) is 0.606. The maximum Gasteiger partial charge on any atom is 0.269 e. The van der Waals surface area contributed by atoms with Gasteiger partial charge in [-0.05, 0) is 36.1 Å². The Kier molecular flexibility index (Phi) is 6.24. The summed E-state index contributed by atoms with van der Waals surface area (Å²) in [6.07, 6.45) is 0.194. The molecule has 1 N–H and O–H groups in total. The van der Waals surface area contributed by atoms with Crippen LogP contribution in [0.5, 0.6) is 0 Å². The lowest BCUT2D eigenvalue weighted by molar-refractivity contribution is -0.384. The van der Waals surface area contributed by atoms with Gasteiger partial charge in [-0.2, -0.15) is 0 Å². The molecule has 1 aromatic heterocycles. The molecule has 0 bridgehead atoms. The normalized spacial score (nSPS) is 10.3. The van der Waals surface area contributed by atoms with Gasteiger partial charge in [0.05, 0.1) is 11.5 Å². The first-order chi connectivity index (χ1) is 11.9. The molecule has 0 radical (unpaired) electrons. The topological polar surface area (TPSA) is 92.6 Å². The summed E-state index contributed by atoms with van der Waals surface area (Å²) in [5, 5.41) is 15.2. The Morgan fingerprint density at radius 1 is 1.24 bits per heavy atom. The molecule has 7 nitrogen and oxygen atoms in total. The minimum Gasteiger partial charge on any atom is -0.352 e. The van der Waals surface area contributed by atoms with E-state index in [1.54, 1.807) is 23.3 Å². The van der Waals surface area contributed by atoms with Crippen molar-refractivity contribution in [1.82, 2.24) is 10.2 Å². The molecule has 2 amide bonds. The van der Waals surface area contributed by atoms with E-state index in [4.69, 9.17) is 0 Å². The Morgan fingerprint density at radius 3 is 2.48 bits per heavy atom. The van der Waals surface area contributed by atoms with E-state index >= 15 is 0 Å². The van der Waals surface area contributed by atoms with Crippen molar-refractivity contribution in [3.63, 3.8) is 0 Å². The summed E-state index contributed by atoms with van der Waals surface area (Å²) < 4.78 is 0. The molecule has 25 heavy (non-hydrogen) atoms. The van der Waals surface area contributed by atoms with E-state index in [2.05, 4.69) is 5.32 Å². The van der Waals surface area contributed by atoms with Gasteiger partial charge in [0.2, 0.25) is 5.91 Å². The number of hydrogen-bond donors (Lipinski definition) is 1. The number of aryl methyl sites for hydroxylation is 1. The highest BCUT2D eigenvalue weighted by atomic mass is 32.1. The first kappa shape index (κ1) is 18.6. The molecule has 0 saturated carbocycles. The van der Waals surface area contributed by atoms with Crippen molar-refractivity contribution in [2.45, 2.75) is 19.9 Å². The number of nitrogens with zero attached hydrogens (tertiary/aromatic N) is 2. The van der Waals surface area contributed by atoms with Crippen LogP contribution in [0.3, 0.4) is 0 Å². The van der Waals surface area contributed by atoms with Gasteiger partial charge < -0.3 is 10.2 Å². The number of amides is 2. The highest BCUT2D eigenvalue weighted by Crippen LogP contribution is 2.17. The molecular formula is C17H19N3O4S. The number of nitro groups is 1. The summed E-state index contributed by atoms with van der Waals surface area (Å²) in [6, 6.07) is 7.35. The molecule has 2 rings (SSSR count). The average Bonchev–Trinajstić information content (AvgIpc) is 2.99. The SMILES string of the molecule is Cc1ccsc1CN(C)C(=O)CCNC(=O)c1ccc([N+](=O)[O-])cc1. The van der Waals surface area contributed by atoms with Crippen molar-refractivity contribution < 1.29 is 14.5 Å². The van der Waals surface area contributed by atoms with E-state index in [1.807, 2.05) is 18.4 Å². The van der Waals surface area contributed by atoms with E-state index in [1.165, 1.54) is 24.3 Å². The molecule has 8 heteroatoms. The molecule has 1 aromatic carbocycles. The third-order valence-corrected chi connectivity index (χ3v) is 4.75. The molecule has 2 aromatic rings. The Bertz CT molecular complexity index is 770. The summed E-state index contributed by atoms with van der Waals surface area (Å²) in [5.41, 5.74) is 1.41. The van der Waals surface area contributed by atoms with Crippen LogP contribution in [0.25, 0.3) is 0 Å². The van der Waals surface area contributed by atoms with Crippen molar-refractivity contribution in [2.75, 3.05) is 13.6 Å². The lowest BCUT2D eigenvalue weighted by Crippen LogP contribution is -2.31. The number of nitro benzene ring substituents is 1. The van der Waals surface area contributed by atoms with Gasteiger partial charge in [-0.25, -0.2) is 0 Å². The van der Waals surface area contributed by atoms with Crippen LogP contribution in [0.15, 0.2) is 35.7 Å². The van der Waals surface area contributed by atoms with Gasteiger partial charge in [-0.1, -0.05) is 0 Å². The smallest absolute Gasteiger partial charge is 0.269 e. The van der Waals surface area contributed by atoms with Crippen LogP contribution in [0.4, 0.5) is 5.69 Å². The number of carbonyl (C=O) groups excluding carboxylic acids is 2. The van der Waals surface area contributed by atoms with Crippen LogP contribution in [-0.2, 0) is 11.3 Å². The Hall–Kier alpha value is -2.74. The Labute approximate surface area is 149 Å². The van der Waals surface area contributed by atoms with Crippen LogP contribution in [0.1, 0.15) is 27.2 Å². The zero-order chi connectivity index (χ0) is 18.4. The summed E-state index contributed by atoms with van der Waals surface area (Å²) in [6.45, 7) is 2.77. The molecule has 132 valence electrons. The van der Waals surface area contributed by atoms with E-state index < -0.39 is 4.92 Å². The molecule has 1 heterocycles. The van der Waals surface area contributed by atoms with Crippen molar-refractivity contribution in [1.29, 1.82) is 0 Å². The fourth-order valence-corrected chi connectivity index (χ4v) is 3.14. The van der Waals surface area contributed by atoms with E-state index in [0.29, 0.717) is 12.1 Å². The fourth-order valence-electron chi connectivity index (χ4n) is 2.18. The highest BCUT2D eigenvalue weighted by molar-refractivity contribution is 7.10. The molecule has 0 aliphatic heterocycles. The second-order valence-electron chi connectivity index (χ2n) is 5.59. The molecule has 0 atom stereocenters. The molecule has 0 fully saturated rings. The molecule has 0 spiro atoms. The maximum absolute atomic E-state index is 12.1. The van der Waals surface area contributed by atoms with Gasteiger partial charge >= 0.3 is 0 Å². The van der Waals surface area contributed by atoms with Crippen molar-refractivity contribution in [3.05, 3.63) is 61.8 Å². The standard InChI is InChI=1S/C17H19N3O4S/c1-12-8-10-25-15(12)11-19(2)16(21)7-9-18-17(22)13-3-5-14(6-4-13)20(23)24/h3-6,8,10H,7,9,11H2,1-2H3,(H,18,22). The van der Waals surface area contributed by atoms with Gasteiger partial charge in [-0.3, -0.25) is 19.7 Å². The number of benzene rings is 1. The van der Waals surface area contributed by atoms with Crippen molar-refractivity contribution in [2.24, 2.45) is 0 Å². The molecule has 0 aliphatic rings. The second-order valence-corrected chi connectivity index (χ2v) is 6.59. The minimum atomic E-state index is -0.522. The first-order valence-electron chi connectivity index (χ1n) is 7.68. The van der Waals surface area contributed by atoms with Gasteiger partial charge in [0.1, 0.15) is 0 Å². The summed E-state index contributed by atoms with van der Waals surface area (Å²) in [7, 11) is 1.74. The zero-order valence-corrected chi connectivity index (χ0v) is 14.8. The summed E-state index contributed by atoms with van der Waals surface area (Å²) in [4.78, 5) is 36.9. The average molecular weight is 361 g/mol. The van der Waals surface area contributed by atoms with Crippen molar-refractivity contribution >= 4 is 28.8 Å². The number of thiophene rings is 1. The van der Waals surface area contributed by atoms with E-state index in [9.17, 15) is 19.7 Å². The third kappa shape index (κ3) is 5.12. The lowest BCUT2D eigenvalue weighted by atomic mass is 10.2. The number of rotatable bonds is 7. The minimum absolute atomic E-state index is 0.0585. The van der Waals surface area contributed by atoms with Crippen LogP contribution in [0, 0.1) is 17.0 Å². The lowest BCUT2D eigenvalue weighted by Gasteiger charge is -2.17. The third-order valence-electron chi connectivity index (χ3n) is 3.74. The maximum atomic E-state index is 12.1. The molecule has 0 unspecified atom stereocenters. The second kappa shape index (κ2) is 8.39. The summed E-state index contributed by atoms with van der Waals surface area (Å²) >= 11 is 1.61. The fraction of sp³-hybridized carbons (Fsp3) is 0.294. The highest BCUT2D eigenvalue weighted by Gasteiger charge is 2.13. The van der Waals surface area contributed by atoms with Gasteiger partial charge in [-0.15, -0.1) is 11.3 Å². The number of carbonyl (C=O) groups is 2. The van der Waals surface area contributed by atoms with Gasteiger partial charge in [0.25, 0.3) is 11.6 Å². The first-order valence-corrected chi connectivity index (χ1v) is 8.56. The van der Waals surface area contributed by atoms with Gasteiger partial charge in [0, 0.05) is 42.6 Å². The number of nitrogens with one attached hydrogen (secondary N) is 1. The van der Waals surface area contributed by atoms with Crippen LogP contribution < -0.4 is 5.32 Å². The molecule has 0 aliphatic carbocycles. The Balaban J connectivity index is 1.79. The predicted octanol–water partition coefficient (Wildman–Crippen LogP) is 2.74. The van der Waals surface area contributed by atoms with Crippen LogP contribution in [0.2, 0.25) is 0 Å². The van der Waals surface area contributed by atoms with E-state index in [0.717, 1.165) is 10.4 Å². The number of hydrogen-bond acceptors (Lipinski definition) is 5. The monoisotopic (exact) mass is 361 g/mol. The Morgan fingerprint density at radius 2 is 1.92 bits per heavy atom. The van der Waals surface area contributed by atoms with Crippen molar-refractivity contribution in [3.8, 4) is 0 Å². The van der Waals surface area contributed by atoms with Crippen LogP contribution >= 0.6 is 11.3 Å². The van der Waals surface area contributed by atoms with Crippen LogP contribution in [-0.4, -0.2) is 35.2 Å². The van der Waals surface area contributed by atoms with Gasteiger partial charge in [0.15, 0.2) is 0 Å². The zero-order valence-electron chi connectivity index (χ0n) is 14.0. The summed E-state index contributed by atoms with van der Waals surface area (Å²) in [5.74, 6) is -0.420. The van der Waals surface area contributed by atoms with E-state index in [-0.39, 0.29) is 30.5 Å². The largest absolute Gasteiger partial charge is 0.352 e. The predicted molar refractivity (Wildman–Crippen MR) is 95.6 cm³/mol. The number of non-ortho nitro benzene ring substituents is 1. The molecule has 0 saturated heterocycles.